The number of esters is 2. The van der Waals surface area contributed by atoms with E-state index in [1.807, 2.05) is 0 Å². The summed E-state index contributed by atoms with van der Waals surface area (Å²) >= 11 is 0. The van der Waals surface area contributed by atoms with Gasteiger partial charge in [-0.05, 0) is 69.1 Å². The Morgan fingerprint density at radius 3 is 2.12 bits per heavy atom. The van der Waals surface area contributed by atoms with Crippen molar-refractivity contribution in [2.45, 2.75) is 131 Å². The second kappa shape index (κ2) is 12.4. The Kier molecular flexibility index (Phi) is 10.5. The molecule has 2 aliphatic rings. The Bertz CT molecular complexity index is 592. The summed E-state index contributed by atoms with van der Waals surface area (Å²) in [7, 11) is 0. The molecule has 5 atom stereocenters. The molecule has 0 aromatic carbocycles. The lowest BCUT2D eigenvalue weighted by Crippen LogP contribution is -2.39. The molecule has 0 aromatic rings. The van der Waals surface area contributed by atoms with Crippen molar-refractivity contribution in [1.29, 1.82) is 0 Å². The topological polar surface area (TPSA) is 52.6 Å². The molecule has 0 aromatic heterocycles. The van der Waals surface area contributed by atoms with Crippen LogP contribution in [0.2, 0.25) is 0 Å². The molecule has 2 fully saturated rings. The summed E-state index contributed by atoms with van der Waals surface area (Å²) in [6.45, 7) is 15.0. The molecule has 0 heterocycles. The van der Waals surface area contributed by atoms with Crippen LogP contribution in [0, 0.1) is 35.0 Å². The van der Waals surface area contributed by atoms with E-state index in [1.165, 1.54) is 6.42 Å². The van der Waals surface area contributed by atoms with Gasteiger partial charge in [0, 0.05) is 0 Å². The molecule has 0 saturated heterocycles. The summed E-state index contributed by atoms with van der Waals surface area (Å²) < 4.78 is 12.1. The zero-order valence-corrected chi connectivity index (χ0v) is 22.0. The quantitative estimate of drug-likeness (QED) is 0.327. The normalized spacial score (nSPS) is 27.7. The predicted octanol–water partition coefficient (Wildman–Crippen LogP) is 7.34. The fourth-order valence-electron chi connectivity index (χ4n) is 6.12. The molecule has 2 aliphatic carbocycles. The lowest BCUT2D eigenvalue weighted by atomic mass is 9.68. The van der Waals surface area contributed by atoms with Gasteiger partial charge in [-0.15, -0.1) is 0 Å². The minimum atomic E-state index is -0.392. The highest BCUT2D eigenvalue weighted by atomic mass is 16.5. The molecule has 0 amide bonds. The molecule has 4 heteroatoms. The lowest BCUT2D eigenvalue weighted by molar-refractivity contribution is -0.166. The molecular weight excluding hydrogens is 400 g/mol. The maximum atomic E-state index is 13.1. The molecule has 4 nitrogen and oxygen atoms in total. The number of rotatable bonds is 10. The number of hydrogen-bond donors (Lipinski definition) is 0. The predicted molar refractivity (Wildman–Crippen MR) is 130 cm³/mol. The van der Waals surface area contributed by atoms with Gasteiger partial charge in [-0.25, -0.2) is 0 Å². The zero-order chi connectivity index (χ0) is 23.9. The molecule has 0 radical (unpaired) electrons. The van der Waals surface area contributed by atoms with Crippen LogP contribution in [-0.4, -0.2) is 24.1 Å². The van der Waals surface area contributed by atoms with Gasteiger partial charge in [0.25, 0.3) is 0 Å². The third-order valence-corrected chi connectivity index (χ3v) is 8.09. The first-order valence-corrected chi connectivity index (χ1v) is 13.5. The highest BCUT2D eigenvalue weighted by Gasteiger charge is 2.42. The average molecular weight is 451 g/mol. The van der Waals surface area contributed by atoms with Gasteiger partial charge in [-0.3, -0.25) is 9.59 Å². The first kappa shape index (κ1) is 27.2. The van der Waals surface area contributed by atoms with Crippen molar-refractivity contribution in [3.8, 4) is 0 Å². The fraction of sp³-hybridized carbons (Fsp3) is 0.929. The molecule has 2 saturated carbocycles. The second-order valence-corrected chi connectivity index (χ2v) is 11.8. The van der Waals surface area contributed by atoms with Gasteiger partial charge < -0.3 is 9.47 Å². The molecule has 0 N–H and O–H groups in total. The van der Waals surface area contributed by atoms with E-state index in [-0.39, 0.29) is 30.1 Å². The summed E-state index contributed by atoms with van der Waals surface area (Å²) in [4.78, 5) is 25.9. The monoisotopic (exact) mass is 450 g/mol. The van der Waals surface area contributed by atoms with Crippen molar-refractivity contribution in [1.82, 2.24) is 0 Å². The van der Waals surface area contributed by atoms with E-state index in [0.717, 1.165) is 64.2 Å². The van der Waals surface area contributed by atoms with Crippen molar-refractivity contribution in [2.75, 3.05) is 0 Å². The van der Waals surface area contributed by atoms with Crippen LogP contribution in [0.25, 0.3) is 0 Å². The molecular formula is C28H50O4. The van der Waals surface area contributed by atoms with Crippen LogP contribution in [0.5, 0.6) is 0 Å². The Labute approximate surface area is 197 Å². The zero-order valence-electron chi connectivity index (χ0n) is 22.0. The smallest absolute Gasteiger partial charge is 0.312 e. The minimum Gasteiger partial charge on any atom is -0.462 e. The SMILES string of the molecule is CCC(OC(=O)C1(C)CCCC(CC(C)C(OC(=O)C2CCCCC2)C(C)C)C1)C(C)C. The Hall–Kier alpha value is -1.06. The van der Waals surface area contributed by atoms with E-state index in [9.17, 15) is 9.59 Å². The third kappa shape index (κ3) is 7.48. The Morgan fingerprint density at radius 2 is 1.56 bits per heavy atom. The van der Waals surface area contributed by atoms with E-state index >= 15 is 0 Å². The standard InChI is InChI=1S/C28H50O4/c1-8-24(19(2)3)31-27(30)28(7)16-12-13-22(18-28)17-21(6)25(20(4)5)32-26(29)23-14-10-9-11-15-23/h19-25H,8-18H2,1-7H3. The molecule has 5 unspecified atom stereocenters. The van der Waals surface area contributed by atoms with Crippen molar-refractivity contribution in [3.63, 3.8) is 0 Å². The molecule has 32 heavy (non-hydrogen) atoms. The van der Waals surface area contributed by atoms with Crippen molar-refractivity contribution >= 4 is 11.9 Å². The first-order valence-electron chi connectivity index (χ1n) is 13.5. The van der Waals surface area contributed by atoms with Crippen LogP contribution in [0.15, 0.2) is 0 Å². The summed E-state index contributed by atoms with van der Waals surface area (Å²) in [6, 6.07) is 0. The molecule has 0 bridgehead atoms. The highest BCUT2D eigenvalue weighted by molar-refractivity contribution is 5.76. The average Bonchev–Trinajstić information content (AvgIpc) is 2.75. The first-order chi connectivity index (χ1) is 15.1. The van der Waals surface area contributed by atoms with Gasteiger partial charge in [-0.2, -0.15) is 0 Å². The van der Waals surface area contributed by atoms with E-state index in [1.54, 1.807) is 0 Å². The van der Waals surface area contributed by atoms with Crippen LogP contribution in [0.3, 0.4) is 0 Å². The molecule has 0 aliphatic heterocycles. The van der Waals surface area contributed by atoms with E-state index < -0.39 is 5.41 Å². The maximum Gasteiger partial charge on any atom is 0.312 e. The number of ether oxygens (including phenoxy) is 2. The Balaban J connectivity index is 1.96. The minimum absolute atomic E-state index is 0.00291. The summed E-state index contributed by atoms with van der Waals surface area (Å²) in [5.41, 5.74) is -0.392. The van der Waals surface area contributed by atoms with Crippen molar-refractivity contribution < 1.29 is 19.1 Å². The van der Waals surface area contributed by atoms with Crippen LogP contribution in [0.1, 0.15) is 119 Å². The van der Waals surface area contributed by atoms with Gasteiger partial charge in [0.15, 0.2) is 0 Å². The summed E-state index contributed by atoms with van der Waals surface area (Å²) in [5.74, 6) is 1.52. The van der Waals surface area contributed by atoms with E-state index in [0.29, 0.717) is 23.7 Å². The fourth-order valence-corrected chi connectivity index (χ4v) is 6.12. The number of carbonyl (C=O) groups excluding carboxylic acids is 2. The number of carbonyl (C=O) groups is 2. The largest absolute Gasteiger partial charge is 0.462 e. The maximum absolute atomic E-state index is 13.1. The lowest BCUT2D eigenvalue weighted by Gasteiger charge is -2.39. The van der Waals surface area contributed by atoms with E-state index in [2.05, 4.69) is 48.5 Å². The van der Waals surface area contributed by atoms with Gasteiger partial charge in [0.05, 0.1) is 11.3 Å². The van der Waals surface area contributed by atoms with Crippen molar-refractivity contribution in [3.05, 3.63) is 0 Å². The molecule has 2 rings (SSSR count). The molecule has 0 spiro atoms. The van der Waals surface area contributed by atoms with Gasteiger partial charge in [0.2, 0.25) is 0 Å². The third-order valence-electron chi connectivity index (χ3n) is 8.09. The highest BCUT2D eigenvalue weighted by Crippen LogP contribution is 2.43. The summed E-state index contributed by atoms with van der Waals surface area (Å²) in [5, 5.41) is 0. The van der Waals surface area contributed by atoms with Gasteiger partial charge in [-0.1, -0.05) is 73.6 Å². The van der Waals surface area contributed by atoms with Crippen LogP contribution >= 0.6 is 0 Å². The van der Waals surface area contributed by atoms with Crippen molar-refractivity contribution in [2.24, 2.45) is 35.0 Å². The van der Waals surface area contributed by atoms with Gasteiger partial charge >= 0.3 is 11.9 Å². The van der Waals surface area contributed by atoms with E-state index in [4.69, 9.17) is 9.47 Å². The van der Waals surface area contributed by atoms with Gasteiger partial charge in [0.1, 0.15) is 12.2 Å². The Morgan fingerprint density at radius 1 is 0.906 bits per heavy atom. The second-order valence-electron chi connectivity index (χ2n) is 11.8. The number of hydrogen-bond acceptors (Lipinski definition) is 4. The van der Waals surface area contributed by atoms with Crippen LogP contribution in [-0.2, 0) is 19.1 Å². The van der Waals surface area contributed by atoms with Crippen LogP contribution < -0.4 is 0 Å². The summed E-state index contributed by atoms with van der Waals surface area (Å²) in [6.07, 6.45) is 11.3. The molecule has 186 valence electrons. The van der Waals surface area contributed by atoms with Crippen LogP contribution in [0.4, 0.5) is 0 Å².